The van der Waals surface area contributed by atoms with E-state index in [1.807, 2.05) is 0 Å². The van der Waals surface area contributed by atoms with Gasteiger partial charge in [-0.2, -0.15) is 0 Å². The molecule has 3 rings (SSSR count). The van der Waals surface area contributed by atoms with Gasteiger partial charge < -0.3 is 15.2 Å². The van der Waals surface area contributed by atoms with Gasteiger partial charge >= 0.3 is 0 Å². The Morgan fingerprint density at radius 3 is 2.32 bits per heavy atom. The fourth-order valence-electron chi connectivity index (χ4n) is 3.04. The lowest BCUT2D eigenvalue weighted by Gasteiger charge is -2.35. The summed E-state index contributed by atoms with van der Waals surface area (Å²) in [5.41, 5.74) is 5.63. The van der Waals surface area contributed by atoms with Crippen LogP contribution in [0.3, 0.4) is 0 Å². The smallest absolute Gasteiger partial charge is 0.168 e. The van der Waals surface area contributed by atoms with E-state index >= 15 is 0 Å². The van der Waals surface area contributed by atoms with Gasteiger partial charge in [-0.1, -0.05) is 0 Å². The van der Waals surface area contributed by atoms with Crippen LogP contribution in [0.5, 0.6) is 0 Å². The van der Waals surface area contributed by atoms with Crippen LogP contribution in [0.4, 0.5) is 14.5 Å². The summed E-state index contributed by atoms with van der Waals surface area (Å²) < 4.78 is 38.6. The first kappa shape index (κ1) is 12.8. The molecular formula is C14H17F2NO2. The fraction of sp³-hybridized carbons (Fsp3) is 0.571. The number of nitrogens with two attached hydrogens (primary N) is 1. The lowest BCUT2D eigenvalue weighted by Crippen LogP contribution is -2.34. The third kappa shape index (κ3) is 2.32. The van der Waals surface area contributed by atoms with Crippen molar-refractivity contribution in [3.63, 3.8) is 0 Å². The molecule has 2 aliphatic rings. The lowest BCUT2D eigenvalue weighted by molar-refractivity contribution is -0.178. The van der Waals surface area contributed by atoms with Crippen LogP contribution in [-0.2, 0) is 9.47 Å². The van der Waals surface area contributed by atoms with Crippen LogP contribution in [0.25, 0.3) is 0 Å². The Balaban J connectivity index is 1.76. The normalized spacial score (nSPS) is 23.1. The molecule has 5 heteroatoms. The minimum absolute atomic E-state index is 0.00789. The van der Waals surface area contributed by atoms with Crippen molar-refractivity contribution in [2.75, 3.05) is 18.9 Å². The van der Waals surface area contributed by atoms with E-state index in [0.29, 0.717) is 18.8 Å². The van der Waals surface area contributed by atoms with Crippen LogP contribution >= 0.6 is 0 Å². The first-order valence-electron chi connectivity index (χ1n) is 6.62. The zero-order valence-corrected chi connectivity index (χ0v) is 10.6. The average Bonchev–Trinajstić information content (AvgIpc) is 2.84. The highest BCUT2D eigenvalue weighted by atomic mass is 19.1. The molecular weight excluding hydrogens is 252 g/mol. The topological polar surface area (TPSA) is 44.5 Å². The van der Waals surface area contributed by atoms with E-state index in [2.05, 4.69) is 0 Å². The van der Waals surface area contributed by atoms with Gasteiger partial charge in [0.2, 0.25) is 0 Å². The van der Waals surface area contributed by atoms with Gasteiger partial charge in [-0.05, 0) is 30.4 Å². The van der Waals surface area contributed by atoms with Crippen LogP contribution in [-0.4, -0.2) is 19.0 Å². The molecule has 3 nitrogen and oxygen atoms in total. The van der Waals surface area contributed by atoms with E-state index < -0.39 is 17.4 Å². The number of ether oxygens (including phenoxy) is 2. The van der Waals surface area contributed by atoms with Gasteiger partial charge in [-0.15, -0.1) is 0 Å². The van der Waals surface area contributed by atoms with Crippen molar-refractivity contribution in [2.24, 2.45) is 0 Å². The van der Waals surface area contributed by atoms with Crippen molar-refractivity contribution in [2.45, 2.75) is 37.4 Å². The highest BCUT2D eigenvalue weighted by Crippen LogP contribution is 2.43. The maximum Gasteiger partial charge on any atom is 0.168 e. The average molecular weight is 269 g/mol. The Kier molecular flexibility index (Phi) is 3.19. The number of rotatable bonds is 1. The van der Waals surface area contributed by atoms with Crippen molar-refractivity contribution in [3.05, 3.63) is 29.3 Å². The second kappa shape index (κ2) is 4.72. The molecule has 1 heterocycles. The Labute approximate surface area is 110 Å². The van der Waals surface area contributed by atoms with Crippen LogP contribution < -0.4 is 5.73 Å². The van der Waals surface area contributed by atoms with Crippen molar-refractivity contribution in [1.82, 2.24) is 0 Å². The fourth-order valence-corrected chi connectivity index (χ4v) is 3.04. The molecule has 2 N–H and O–H groups in total. The van der Waals surface area contributed by atoms with Crippen molar-refractivity contribution in [3.8, 4) is 0 Å². The number of nitrogen functional groups attached to an aromatic ring is 1. The molecule has 1 aliphatic carbocycles. The number of benzene rings is 1. The minimum Gasteiger partial charge on any atom is -0.396 e. The van der Waals surface area contributed by atoms with E-state index in [0.717, 1.165) is 31.7 Å². The van der Waals surface area contributed by atoms with Crippen molar-refractivity contribution in [1.29, 1.82) is 0 Å². The van der Waals surface area contributed by atoms with Gasteiger partial charge in [0.05, 0.1) is 18.9 Å². The number of anilines is 1. The molecule has 0 bridgehead atoms. The molecule has 104 valence electrons. The summed E-state index contributed by atoms with van der Waals surface area (Å²) in [6, 6.07) is 2.29. The maximum atomic E-state index is 13.9. The van der Waals surface area contributed by atoms with Gasteiger partial charge in [-0.3, -0.25) is 0 Å². The second-order valence-electron chi connectivity index (χ2n) is 5.28. The molecule has 1 aromatic rings. The van der Waals surface area contributed by atoms with Crippen LogP contribution in [0.15, 0.2) is 12.1 Å². The van der Waals surface area contributed by atoms with Gasteiger partial charge in [0.25, 0.3) is 0 Å². The summed E-state index contributed by atoms with van der Waals surface area (Å²) in [6.07, 6.45) is 2.92. The second-order valence-corrected chi connectivity index (χ2v) is 5.28. The molecule has 0 amide bonds. The zero-order valence-electron chi connectivity index (χ0n) is 10.6. The molecule has 0 aromatic heterocycles. The van der Waals surface area contributed by atoms with Crippen LogP contribution in [0.2, 0.25) is 0 Å². The summed E-state index contributed by atoms with van der Waals surface area (Å²) >= 11 is 0. The Morgan fingerprint density at radius 1 is 1.05 bits per heavy atom. The van der Waals surface area contributed by atoms with E-state index in [1.165, 1.54) is 6.07 Å². The number of hydrogen-bond donors (Lipinski definition) is 1. The first-order valence-corrected chi connectivity index (χ1v) is 6.62. The predicted octanol–water partition coefficient (Wildman–Crippen LogP) is 2.95. The highest BCUT2D eigenvalue weighted by molar-refractivity contribution is 5.43. The lowest BCUT2D eigenvalue weighted by atomic mass is 9.80. The zero-order chi connectivity index (χ0) is 13.5. The quantitative estimate of drug-likeness (QED) is 0.797. The SMILES string of the molecule is Nc1cc(F)c(C2CCC3(CC2)OCCO3)cc1F. The monoisotopic (exact) mass is 269 g/mol. The third-order valence-corrected chi connectivity index (χ3v) is 4.12. The third-order valence-electron chi connectivity index (χ3n) is 4.12. The largest absolute Gasteiger partial charge is 0.396 e. The molecule has 1 spiro atoms. The summed E-state index contributed by atoms with van der Waals surface area (Å²) in [6.45, 7) is 1.24. The highest BCUT2D eigenvalue weighted by Gasteiger charge is 2.41. The first-order chi connectivity index (χ1) is 9.10. The molecule has 1 aliphatic heterocycles. The van der Waals surface area contributed by atoms with Gasteiger partial charge in [-0.25, -0.2) is 8.78 Å². The summed E-state index contributed by atoms with van der Waals surface area (Å²) in [4.78, 5) is 0. The summed E-state index contributed by atoms with van der Waals surface area (Å²) in [5.74, 6) is -1.44. The minimum atomic E-state index is -0.551. The molecule has 1 saturated heterocycles. The number of halogens is 2. The van der Waals surface area contributed by atoms with E-state index in [-0.39, 0.29) is 11.6 Å². The summed E-state index contributed by atoms with van der Waals surface area (Å²) in [5, 5.41) is 0. The molecule has 0 atom stereocenters. The van der Waals surface area contributed by atoms with Crippen LogP contribution in [0, 0.1) is 11.6 Å². The van der Waals surface area contributed by atoms with E-state index in [9.17, 15) is 8.78 Å². The van der Waals surface area contributed by atoms with Gasteiger partial charge in [0, 0.05) is 18.9 Å². The molecule has 0 radical (unpaired) electrons. The molecule has 0 unspecified atom stereocenters. The van der Waals surface area contributed by atoms with E-state index in [1.54, 1.807) is 0 Å². The predicted molar refractivity (Wildman–Crippen MR) is 66.6 cm³/mol. The Morgan fingerprint density at radius 2 is 1.68 bits per heavy atom. The molecule has 19 heavy (non-hydrogen) atoms. The van der Waals surface area contributed by atoms with Gasteiger partial charge in [0.15, 0.2) is 5.79 Å². The number of hydrogen-bond acceptors (Lipinski definition) is 3. The van der Waals surface area contributed by atoms with Crippen molar-refractivity contribution >= 4 is 5.69 Å². The van der Waals surface area contributed by atoms with Gasteiger partial charge in [0.1, 0.15) is 11.6 Å². The maximum absolute atomic E-state index is 13.9. The molecule has 1 saturated carbocycles. The summed E-state index contributed by atoms with van der Waals surface area (Å²) in [7, 11) is 0. The van der Waals surface area contributed by atoms with Crippen LogP contribution in [0.1, 0.15) is 37.2 Å². The Bertz CT molecular complexity index is 477. The molecule has 2 fully saturated rings. The standard InChI is InChI=1S/C14H17F2NO2/c15-11-8-13(17)12(16)7-10(11)9-1-3-14(4-2-9)18-5-6-19-14/h7-9H,1-6,17H2. The van der Waals surface area contributed by atoms with E-state index in [4.69, 9.17) is 15.2 Å². The van der Waals surface area contributed by atoms with Crippen molar-refractivity contribution < 1.29 is 18.3 Å². The Hall–Kier alpha value is -1.20. The molecule has 1 aromatic carbocycles.